The van der Waals surface area contributed by atoms with Crippen LogP contribution in [0, 0.1) is 0 Å². The highest BCUT2D eigenvalue weighted by atomic mass is 16.2. The molecule has 1 atom stereocenters. The zero-order valence-corrected chi connectivity index (χ0v) is 7.26. The fraction of sp³-hybridized carbons (Fsp3) is 0.444. The maximum Gasteiger partial charge on any atom is 0.241 e. The first-order valence-corrected chi connectivity index (χ1v) is 4.03. The lowest BCUT2D eigenvalue weighted by Gasteiger charge is -2.06. The predicted molar refractivity (Wildman–Crippen MR) is 48.2 cm³/mol. The molecule has 0 radical (unpaired) electrons. The standard InChI is InChI=1S/C9H14N2O/c1-3-8-6(2)4-5-7(10)9(12)11-8/h3,7H,1,4-5,10H2,2H3,(H,11,12). The number of nitrogens with two attached hydrogens (primary N) is 1. The molecule has 1 aliphatic rings. The maximum absolute atomic E-state index is 11.2. The van der Waals surface area contributed by atoms with E-state index in [1.165, 1.54) is 0 Å². The van der Waals surface area contributed by atoms with Crippen molar-refractivity contribution >= 4 is 5.91 Å². The van der Waals surface area contributed by atoms with Crippen LogP contribution in [0.1, 0.15) is 19.8 Å². The van der Waals surface area contributed by atoms with E-state index in [1.807, 2.05) is 6.92 Å². The third kappa shape index (κ3) is 1.74. The highest BCUT2D eigenvalue weighted by Crippen LogP contribution is 2.14. The number of carbonyl (C=O) groups is 1. The first-order chi connectivity index (χ1) is 5.65. The summed E-state index contributed by atoms with van der Waals surface area (Å²) >= 11 is 0. The summed E-state index contributed by atoms with van der Waals surface area (Å²) in [6, 6.07) is -0.377. The first kappa shape index (κ1) is 9.00. The highest BCUT2D eigenvalue weighted by molar-refractivity contribution is 5.84. The van der Waals surface area contributed by atoms with Gasteiger partial charge in [-0.15, -0.1) is 0 Å². The van der Waals surface area contributed by atoms with Gasteiger partial charge >= 0.3 is 0 Å². The molecule has 3 heteroatoms. The summed E-state index contributed by atoms with van der Waals surface area (Å²) in [5, 5.41) is 2.73. The van der Waals surface area contributed by atoms with E-state index < -0.39 is 0 Å². The number of hydrogen-bond acceptors (Lipinski definition) is 2. The molecule has 3 N–H and O–H groups in total. The smallest absolute Gasteiger partial charge is 0.241 e. The van der Waals surface area contributed by atoms with Crippen molar-refractivity contribution in [3.63, 3.8) is 0 Å². The summed E-state index contributed by atoms with van der Waals surface area (Å²) in [5.74, 6) is -0.109. The Morgan fingerprint density at radius 3 is 3.00 bits per heavy atom. The minimum atomic E-state index is -0.377. The van der Waals surface area contributed by atoms with Gasteiger partial charge in [0.1, 0.15) is 0 Å². The van der Waals surface area contributed by atoms with Crippen molar-refractivity contribution in [2.24, 2.45) is 5.73 Å². The molecule has 1 aliphatic heterocycles. The van der Waals surface area contributed by atoms with Crippen LogP contribution in [-0.4, -0.2) is 11.9 Å². The molecule has 0 aromatic heterocycles. The van der Waals surface area contributed by atoms with Gasteiger partial charge in [0, 0.05) is 5.70 Å². The number of amides is 1. The molecule has 1 unspecified atom stereocenters. The van der Waals surface area contributed by atoms with Crippen LogP contribution in [0.25, 0.3) is 0 Å². The fourth-order valence-corrected chi connectivity index (χ4v) is 1.20. The van der Waals surface area contributed by atoms with E-state index in [4.69, 9.17) is 5.73 Å². The fourth-order valence-electron chi connectivity index (χ4n) is 1.20. The van der Waals surface area contributed by atoms with Gasteiger partial charge in [0.15, 0.2) is 0 Å². The Hall–Kier alpha value is -1.09. The average Bonchev–Trinajstić information content (AvgIpc) is 2.18. The van der Waals surface area contributed by atoms with E-state index in [9.17, 15) is 4.79 Å². The SMILES string of the molecule is C=CC1=C(C)CCC(N)C(=O)N1. The van der Waals surface area contributed by atoms with Crippen LogP contribution in [0.2, 0.25) is 0 Å². The van der Waals surface area contributed by atoms with Crippen LogP contribution in [0.5, 0.6) is 0 Å². The van der Waals surface area contributed by atoms with Crippen molar-refractivity contribution < 1.29 is 4.79 Å². The number of carbonyl (C=O) groups excluding carboxylic acids is 1. The summed E-state index contributed by atoms with van der Waals surface area (Å²) in [6.45, 7) is 5.60. The lowest BCUT2D eigenvalue weighted by molar-refractivity contribution is -0.121. The van der Waals surface area contributed by atoms with Crippen LogP contribution in [0.4, 0.5) is 0 Å². The number of hydrogen-bond donors (Lipinski definition) is 2. The molecule has 66 valence electrons. The van der Waals surface area contributed by atoms with Crippen molar-refractivity contribution in [1.29, 1.82) is 0 Å². The minimum Gasteiger partial charge on any atom is -0.325 e. The Morgan fingerprint density at radius 2 is 2.42 bits per heavy atom. The zero-order chi connectivity index (χ0) is 9.14. The molecule has 0 fully saturated rings. The number of allylic oxidation sites excluding steroid dienone is 2. The quantitative estimate of drug-likeness (QED) is 0.602. The lowest BCUT2D eigenvalue weighted by atomic mass is 10.1. The topological polar surface area (TPSA) is 55.1 Å². The van der Waals surface area contributed by atoms with Crippen molar-refractivity contribution in [1.82, 2.24) is 5.32 Å². The molecule has 12 heavy (non-hydrogen) atoms. The van der Waals surface area contributed by atoms with Crippen molar-refractivity contribution in [2.75, 3.05) is 0 Å². The van der Waals surface area contributed by atoms with Crippen LogP contribution in [0.15, 0.2) is 23.9 Å². The van der Waals surface area contributed by atoms with Gasteiger partial charge < -0.3 is 11.1 Å². The van der Waals surface area contributed by atoms with Gasteiger partial charge in [0.25, 0.3) is 0 Å². The van der Waals surface area contributed by atoms with Gasteiger partial charge in [-0.2, -0.15) is 0 Å². The average molecular weight is 166 g/mol. The van der Waals surface area contributed by atoms with Crippen molar-refractivity contribution in [2.45, 2.75) is 25.8 Å². The summed E-state index contributed by atoms with van der Waals surface area (Å²) in [4.78, 5) is 11.2. The summed E-state index contributed by atoms with van der Waals surface area (Å²) in [5.41, 5.74) is 7.54. The van der Waals surface area contributed by atoms with Gasteiger partial charge in [-0.3, -0.25) is 4.79 Å². The molecule has 1 heterocycles. The molecule has 3 nitrogen and oxygen atoms in total. The molecule has 0 saturated carbocycles. The van der Waals surface area contributed by atoms with Crippen LogP contribution >= 0.6 is 0 Å². The van der Waals surface area contributed by atoms with Crippen LogP contribution in [-0.2, 0) is 4.79 Å². The summed E-state index contributed by atoms with van der Waals surface area (Å²) < 4.78 is 0. The second-order valence-electron chi connectivity index (χ2n) is 3.03. The van der Waals surface area contributed by atoms with E-state index in [-0.39, 0.29) is 11.9 Å². The highest BCUT2D eigenvalue weighted by Gasteiger charge is 2.18. The van der Waals surface area contributed by atoms with Crippen molar-refractivity contribution in [3.05, 3.63) is 23.9 Å². The molecule has 1 rings (SSSR count). The minimum absolute atomic E-state index is 0.109. The van der Waals surface area contributed by atoms with Crippen molar-refractivity contribution in [3.8, 4) is 0 Å². The summed E-state index contributed by atoms with van der Waals surface area (Å²) in [7, 11) is 0. The van der Waals surface area contributed by atoms with E-state index >= 15 is 0 Å². The first-order valence-electron chi connectivity index (χ1n) is 4.03. The summed E-state index contributed by atoms with van der Waals surface area (Å²) in [6.07, 6.45) is 3.24. The van der Waals surface area contributed by atoms with Gasteiger partial charge in [0.05, 0.1) is 6.04 Å². The number of rotatable bonds is 1. The third-order valence-corrected chi connectivity index (χ3v) is 2.09. The second-order valence-corrected chi connectivity index (χ2v) is 3.03. The van der Waals surface area contributed by atoms with E-state index in [0.717, 1.165) is 24.1 Å². The molecular weight excluding hydrogens is 152 g/mol. The molecule has 0 saturated heterocycles. The van der Waals surface area contributed by atoms with Gasteiger partial charge in [0.2, 0.25) is 5.91 Å². The molecule has 1 amide bonds. The zero-order valence-electron chi connectivity index (χ0n) is 7.26. The van der Waals surface area contributed by atoms with E-state index in [1.54, 1.807) is 6.08 Å². The van der Waals surface area contributed by atoms with E-state index in [2.05, 4.69) is 11.9 Å². The predicted octanol–water partition coefficient (Wildman–Crippen LogP) is 0.684. The maximum atomic E-state index is 11.2. The molecule has 0 spiro atoms. The Labute approximate surface area is 72.3 Å². The third-order valence-electron chi connectivity index (χ3n) is 2.09. The second kappa shape index (κ2) is 3.54. The lowest BCUT2D eigenvalue weighted by Crippen LogP contribution is -2.38. The molecule has 0 bridgehead atoms. The Kier molecular flexibility index (Phi) is 2.65. The molecular formula is C9H14N2O. The van der Waals surface area contributed by atoms with Gasteiger partial charge in [-0.05, 0) is 31.4 Å². The molecule has 0 aromatic rings. The van der Waals surface area contributed by atoms with Crippen LogP contribution < -0.4 is 11.1 Å². The Morgan fingerprint density at radius 1 is 1.75 bits per heavy atom. The van der Waals surface area contributed by atoms with E-state index in [0.29, 0.717) is 0 Å². The number of nitrogens with one attached hydrogen (secondary N) is 1. The largest absolute Gasteiger partial charge is 0.325 e. The van der Waals surface area contributed by atoms with Crippen LogP contribution in [0.3, 0.4) is 0 Å². The van der Waals surface area contributed by atoms with Gasteiger partial charge in [-0.25, -0.2) is 0 Å². The Bertz CT molecular complexity index is 243. The molecule has 0 aromatic carbocycles. The normalized spacial score (nSPS) is 24.8. The Balaban J connectivity index is 2.84. The monoisotopic (exact) mass is 166 g/mol. The van der Waals surface area contributed by atoms with Gasteiger partial charge in [-0.1, -0.05) is 6.58 Å². The molecule has 0 aliphatic carbocycles.